The van der Waals surface area contributed by atoms with Crippen molar-refractivity contribution < 1.29 is 0 Å². The van der Waals surface area contributed by atoms with Crippen LogP contribution < -0.4 is 0 Å². The molecule has 0 amide bonds. The van der Waals surface area contributed by atoms with E-state index < -0.39 is 0 Å². The Hall–Kier alpha value is -0.980. The quantitative estimate of drug-likeness (QED) is 0.656. The highest BCUT2D eigenvalue weighted by Gasteiger charge is 2.00. The third-order valence-electron chi connectivity index (χ3n) is 2.22. The molecule has 2 aromatic rings. The van der Waals surface area contributed by atoms with Gasteiger partial charge < -0.3 is 0 Å². The summed E-state index contributed by atoms with van der Waals surface area (Å²) >= 11 is 11.8. The Bertz CT molecular complexity index is 452. The molecule has 0 atom stereocenters. The zero-order valence-corrected chi connectivity index (χ0v) is 9.81. The minimum atomic E-state index is 0.748. The Kier molecular flexibility index (Phi) is 2.99. The molecule has 0 bridgehead atoms. The molecule has 0 aliphatic heterocycles. The van der Waals surface area contributed by atoms with Crippen LogP contribution in [0.3, 0.4) is 0 Å². The van der Waals surface area contributed by atoms with Gasteiger partial charge >= 0.3 is 0 Å². The topological polar surface area (TPSA) is 0 Å². The lowest BCUT2D eigenvalue weighted by molar-refractivity contribution is 1.47. The summed E-state index contributed by atoms with van der Waals surface area (Å²) in [6.07, 6.45) is 0. The summed E-state index contributed by atoms with van der Waals surface area (Å²) in [4.78, 5) is 0. The van der Waals surface area contributed by atoms with Gasteiger partial charge in [0, 0.05) is 10.0 Å². The van der Waals surface area contributed by atoms with Crippen molar-refractivity contribution in [3.05, 3.63) is 58.1 Å². The van der Waals surface area contributed by atoms with Crippen molar-refractivity contribution in [1.82, 2.24) is 0 Å². The summed E-state index contributed by atoms with van der Waals surface area (Å²) in [6.45, 7) is 2.03. The molecule has 2 heteroatoms. The summed E-state index contributed by atoms with van der Waals surface area (Å²) in [5.74, 6) is 0. The number of hydrogen-bond donors (Lipinski definition) is 0. The average Bonchev–Trinajstić information content (AvgIpc) is 2.17. The number of hydrogen-bond acceptors (Lipinski definition) is 0. The summed E-state index contributed by atoms with van der Waals surface area (Å²) in [5, 5.41) is 1.51. The zero-order chi connectivity index (χ0) is 10.8. The van der Waals surface area contributed by atoms with Crippen LogP contribution in [0.15, 0.2) is 42.5 Å². The summed E-state index contributed by atoms with van der Waals surface area (Å²) in [5.41, 5.74) is 3.41. The molecule has 0 saturated heterocycles. The smallest absolute Gasteiger partial charge is 0.0414 e. The molecule has 0 aliphatic carbocycles. The second-order valence-corrected chi connectivity index (χ2v) is 4.40. The van der Waals surface area contributed by atoms with E-state index in [0.717, 1.165) is 26.7 Å². The average molecular weight is 237 g/mol. The van der Waals surface area contributed by atoms with Gasteiger partial charge in [-0.25, -0.2) is 0 Å². The molecule has 2 rings (SSSR count). The van der Waals surface area contributed by atoms with Gasteiger partial charge in [-0.15, -0.1) is 0 Å². The molecule has 76 valence electrons. The SMILES string of the molecule is Cc1cc(Cl)cc(-c2ccc(Cl)cc2)c1. The maximum Gasteiger partial charge on any atom is 0.0414 e. The first kappa shape index (κ1) is 10.5. The molecule has 15 heavy (non-hydrogen) atoms. The molecule has 2 aromatic carbocycles. The fraction of sp³-hybridized carbons (Fsp3) is 0.0769. The van der Waals surface area contributed by atoms with Crippen molar-refractivity contribution in [3.63, 3.8) is 0 Å². The van der Waals surface area contributed by atoms with Gasteiger partial charge in [0.2, 0.25) is 0 Å². The Labute approximate surface area is 99.5 Å². The highest BCUT2D eigenvalue weighted by atomic mass is 35.5. The first-order chi connectivity index (χ1) is 7.15. The monoisotopic (exact) mass is 236 g/mol. The molecule has 0 radical (unpaired) electrons. The van der Waals surface area contributed by atoms with Crippen molar-refractivity contribution in [3.8, 4) is 11.1 Å². The molecule has 0 aromatic heterocycles. The van der Waals surface area contributed by atoms with Crippen molar-refractivity contribution in [2.45, 2.75) is 6.92 Å². The largest absolute Gasteiger partial charge is 0.0843 e. The molecule has 0 fully saturated rings. The molecule has 0 unspecified atom stereocenters. The van der Waals surface area contributed by atoms with Crippen molar-refractivity contribution in [1.29, 1.82) is 0 Å². The maximum absolute atomic E-state index is 6.01. The first-order valence-corrected chi connectivity index (χ1v) is 5.44. The minimum Gasteiger partial charge on any atom is -0.0843 e. The van der Waals surface area contributed by atoms with Gasteiger partial charge in [0.05, 0.1) is 0 Å². The Morgan fingerprint density at radius 2 is 1.40 bits per heavy atom. The van der Waals surface area contributed by atoms with Crippen LogP contribution in [0.25, 0.3) is 11.1 Å². The number of rotatable bonds is 1. The molecule has 0 heterocycles. The normalized spacial score (nSPS) is 10.3. The van der Waals surface area contributed by atoms with E-state index in [1.165, 1.54) is 0 Å². The number of halogens is 2. The Morgan fingerprint density at radius 3 is 2.00 bits per heavy atom. The van der Waals surface area contributed by atoms with Crippen LogP contribution in [0.1, 0.15) is 5.56 Å². The van der Waals surface area contributed by atoms with Gasteiger partial charge in [-0.05, 0) is 47.9 Å². The second-order valence-electron chi connectivity index (χ2n) is 3.52. The van der Waals surface area contributed by atoms with Crippen LogP contribution in [-0.4, -0.2) is 0 Å². The van der Waals surface area contributed by atoms with E-state index in [1.807, 2.05) is 43.3 Å². The van der Waals surface area contributed by atoms with E-state index in [2.05, 4.69) is 6.07 Å². The lowest BCUT2D eigenvalue weighted by atomic mass is 10.0. The van der Waals surface area contributed by atoms with E-state index in [4.69, 9.17) is 23.2 Å². The lowest BCUT2D eigenvalue weighted by Gasteiger charge is -2.04. The van der Waals surface area contributed by atoms with Crippen LogP contribution in [0, 0.1) is 6.92 Å². The first-order valence-electron chi connectivity index (χ1n) is 4.68. The predicted octanol–water partition coefficient (Wildman–Crippen LogP) is 4.97. The van der Waals surface area contributed by atoms with Gasteiger partial charge in [-0.2, -0.15) is 0 Å². The van der Waals surface area contributed by atoms with Gasteiger partial charge in [-0.3, -0.25) is 0 Å². The van der Waals surface area contributed by atoms with Gasteiger partial charge in [0.1, 0.15) is 0 Å². The molecule has 0 saturated carbocycles. The van der Waals surface area contributed by atoms with Gasteiger partial charge in [-0.1, -0.05) is 41.4 Å². The molecule has 0 nitrogen and oxygen atoms in total. The fourth-order valence-corrected chi connectivity index (χ4v) is 1.96. The van der Waals surface area contributed by atoms with Gasteiger partial charge in [0.25, 0.3) is 0 Å². The molecule has 0 N–H and O–H groups in total. The molecule has 0 aliphatic rings. The van der Waals surface area contributed by atoms with E-state index in [1.54, 1.807) is 0 Å². The van der Waals surface area contributed by atoms with E-state index in [9.17, 15) is 0 Å². The fourth-order valence-electron chi connectivity index (χ4n) is 1.55. The molecular formula is C13H10Cl2. The third kappa shape index (κ3) is 2.53. The third-order valence-corrected chi connectivity index (χ3v) is 2.69. The molecular weight excluding hydrogens is 227 g/mol. The lowest BCUT2D eigenvalue weighted by Crippen LogP contribution is -1.80. The highest BCUT2D eigenvalue weighted by Crippen LogP contribution is 2.25. The predicted molar refractivity (Wildman–Crippen MR) is 66.6 cm³/mol. The van der Waals surface area contributed by atoms with E-state index >= 15 is 0 Å². The van der Waals surface area contributed by atoms with Crippen LogP contribution in [-0.2, 0) is 0 Å². The number of aryl methyl sites for hydroxylation is 1. The minimum absolute atomic E-state index is 0.748. The standard InChI is InChI=1S/C13H10Cl2/c1-9-6-11(8-13(15)7-9)10-2-4-12(14)5-3-10/h2-8H,1H3. The van der Waals surface area contributed by atoms with Crippen LogP contribution in [0.2, 0.25) is 10.0 Å². The summed E-state index contributed by atoms with van der Waals surface area (Å²) in [6, 6.07) is 13.8. The Balaban J connectivity index is 2.49. The van der Waals surface area contributed by atoms with E-state index in [0.29, 0.717) is 0 Å². The van der Waals surface area contributed by atoms with Crippen LogP contribution in [0.4, 0.5) is 0 Å². The highest BCUT2D eigenvalue weighted by molar-refractivity contribution is 6.31. The van der Waals surface area contributed by atoms with Crippen molar-refractivity contribution in [2.24, 2.45) is 0 Å². The van der Waals surface area contributed by atoms with Gasteiger partial charge in [0.15, 0.2) is 0 Å². The zero-order valence-electron chi connectivity index (χ0n) is 8.30. The Morgan fingerprint density at radius 1 is 0.733 bits per heavy atom. The number of benzene rings is 2. The van der Waals surface area contributed by atoms with Crippen LogP contribution in [0.5, 0.6) is 0 Å². The summed E-state index contributed by atoms with van der Waals surface area (Å²) < 4.78 is 0. The summed E-state index contributed by atoms with van der Waals surface area (Å²) in [7, 11) is 0. The maximum atomic E-state index is 6.01. The van der Waals surface area contributed by atoms with E-state index in [-0.39, 0.29) is 0 Å². The van der Waals surface area contributed by atoms with Crippen molar-refractivity contribution >= 4 is 23.2 Å². The molecule has 0 spiro atoms. The second kappa shape index (κ2) is 4.26. The van der Waals surface area contributed by atoms with Crippen LogP contribution >= 0.6 is 23.2 Å². The van der Waals surface area contributed by atoms with Crippen molar-refractivity contribution in [2.75, 3.05) is 0 Å².